The fourth-order valence-corrected chi connectivity index (χ4v) is 6.20. The first kappa shape index (κ1) is 15.3. The molecule has 5 rings (SSSR count). The van der Waals surface area contributed by atoms with Gasteiger partial charge in [0.25, 0.3) is 0 Å². The molecule has 0 saturated heterocycles. The summed E-state index contributed by atoms with van der Waals surface area (Å²) >= 11 is 0. The summed E-state index contributed by atoms with van der Waals surface area (Å²) in [6.45, 7) is 2.52. The number of fused-ring (bicyclic) bond motifs is 5. The molecule has 1 fully saturated rings. The Morgan fingerprint density at radius 1 is 1.04 bits per heavy atom. The predicted octanol–water partition coefficient (Wildman–Crippen LogP) is 5.94. The van der Waals surface area contributed by atoms with E-state index in [1.807, 2.05) is 12.1 Å². The third-order valence-corrected chi connectivity index (χ3v) is 7.38. The van der Waals surface area contributed by atoms with E-state index in [9.17, 15) is 5.11 Å². The van der Waals surface area contributed by atoms with Gasteiger partial charge in [-0.25, -0.2) is 0 Å². The minimum Gasteiger partial charge on any atom is -0.508 e. The molecule has 3 aliphatic carbocycles. The predicted molar refractivity (Wildman–Crippen MR) is 103 cm³/mol. The molecule has 0 aromatic heterocycles. The van der Waals surface area contributed by atoms with E-state index in [4.69, 9.17) is 0 Å². The molecule has 0 aliphatic heterocycles. The fraction of sp³-hybridized carbons (Fsp3) is 0.417. The molecule has 1 heteroatoms. The summed E-state index contributed by atoms with van der Waals surface area (Å²) in [5.74, 6) is 2.66. The summed E-state index contributed by atoms with van der Waals surface area (Å²) < 4.78 is 0. The first-order valence-electron chi connectivity index (χ1n) is 9.75. The van der Waals surface area contributed by atoms with Crippen LogP contribution >= 0.6 is 0 Å². The van der Waals surface area contributed by atoms with Gasteiger partial charge in [-0.05, 0) is 89.7 Å². The van der Waals surface area contributed by atoms with E-state index >= 15 is 0 Å². The molecule has 128 valence electrons. The highest BCUT2D eigenvalue weighted by Crippen LogP contribution is 2.63. The molecule has 1 saturated carbocycles. The van der Waals surface area contributed by atoms with Gasteiger partial charge in [-0.2, -0.15) is 0 Å². The van der Waals surface area contributed by atoms with E-state index in [1.54, 1.807) is 5.57 Å². The quantitative estimate of drug-likeness (QED) is 0.686. The van der Waals surface area contributed by atoms with Gasteiger partial charge < -0.3 is 5.11 Å². The summed E-state index contributed by atoms with van der Waals surface area (Å²) in [7, 11) is 0. The lowest BCUT2D eigenvalue weighted by Crippen LogP contribution is -2.40. The molecule has 0 unspecified atom stereocenters. The van der Waals surface area contributed by atoms with Crippen LogP contribution in [0.4, 0.5) is 0 Å². The van der Waals surface area contributed by atoms with Gasteiger partial charge in [0.05, 0.1) is 0 Å². The second-order valence-corrected chi connectivity index (χ2v) is 8.47. The number of phenolic OH excluding ortho intramolecular Hbond substituents is 1. The van der Waals surface area contributed by atoms with Crippen molar-refractivity contribution in [3.05, 3.63) is 71.3 Å². The van der Waals surface area contributed by atoms with Crippen molar-refractivity contribution in [1.82, 2.24) is 0 Å². The topological polar surface area (TPSA) is 20.2 Å². The summed E-state index contributed by atoms with van der Waals surface area (Å²) in [5, 5.41) is 9.83. The van der Waals surface area contributed by atoms with Gasteiger partial charge in [0, 0.05) is 0 Å². The van der Waals surface area contributed by atoms with Crippen LogP contribution in [0.15, 0.2) is 54.6 Å². The Kier molecular flexibility index (Phi) is 3.35. The largest absolute Gasteiger partial charge is 0.508 e. The average Bonchev–Trinajstić information content (AvgIpc) is 2.99. The molecule has 3 aliphatic rings. The lowest BCUT2D eigenvalue weighted by atomic mass is 9.54. The highest BCUT2D eigenvalue weighted by Gasteiger charge is 2.51. The van der Waals surface area contributed by atoms with Crippen molar-refractivity contribution in [2.75, 3.05) is 0 Å². The SMILES string of the molecule is C[C@]12CC[C@@H]3c4ccc(O)cc4CC[C@H]3[C@@H]1CC=C2c1ccccc1. The number of phenols is 1. The normalized spacial score (nSPS) is 33.2. The Morgan fingerprint density at radius 2 is 1.88 bits per heavy atom. The molecule has 1 nitrogen and oxygen atoms in total. The molecule has 0 spiro atoms. The maximum absolute atomic E-state index is 9.83. The molecule has 0 radical (unpaired) electrons. The third kappa shape index (κ3) is 2.21. The minimum absolute atomic E-state index is 0.330. The Balaban J connectivity index is 1.50. The highest BCUT2D eigenvalue weighted by atomic mass is 16.3. The van der Waals surface area contributed by atoms with Gasteiger partial charge >= 0.3 is 0 Å². The van der Waals surface area contributed by atoms with Crippen molar-refractivity contribution in [2.24, 2.45) is 17.3 Å². The summed E-state index contributed by atoms with van der Waals surface area (Å²) in [6, 6.07) is 17.1. The van der Waals surface area contributed by atoms with Gasteiger partial charge in [-0.15, -0.1) is 0 Å². The third-order valence-electron chi connectivity index (χ3n) is 7.38. The number of benzene rings is 2. The van der Waals surface area contributed by atoms with Crippen LogP contribution in [0.5, 0.6) is 5.75 Å². The molecule has 1 N–H and O–H groups in total. The zero-order valence-corrected chi connectivity index (χ0v) is 14.9. The van der Waals surface area contributed by atoms with Crippen molar-refractivity contribution in [1.29, 1.82) is 0 Å². The van der Waals surface area contributed by atoms with Crippen molar-refractivity contribution in [3.63, 3.8) is 0 Å². The molecule has 0 bridgehead atoms. The van der Waals surface area contributed by atoms with Gasteiger partial charge in [-0.1, -0.05) is 49.4 Å². The Hall–Kier alpha value is -2.02. The lowest BCUT2D eigenvalue weighted by Gasteiger charge is -2.50. The van der Waals surface area contributed by atoms with Crippen molar-refractivity contribution >= 4 is 5.57 Å². The smallest absolute Gasteiger partial charge is 0.115 e. The molecule has 25 heavy (non-hydrogen) atoms. The van der Waals surface area contributed by atoms with E-state index in [0.717, 1.165) is 18.3 Å². The zero-order chi connectivity index (χ0) is 17.0. The van der Waals surface area contributed by atoms with Crippen molar-refractivity contribution in [3.8, 4) is 5.75 Å². The lowest BCUT2D eigenvalue weighted by molar-refractivity contribution is 0.0885. The van der Waals surface area contributed by atoms with Crippen LogP contribution in [-0.2, 0) is 6.42 Å². The molecule has 2 aromatic rings. The second-order valence-electron chi connectivity index (χ2n) is 8.47. The highest BCUT2D eigenvalue weighted by molar-refractivity contribution is 5.73. The monoisotopic (exact) mass is 330 g/mol. The maximum atomic E-state index is 9.83. The van der Waals surface area contributed by atoms with Gasteiger partial charge in [-0.3, -0.25) is 0 Å². The fourth-order valence-electron chi connectivity index (χ4n) is 6.20. The molecular weight excluding hydrogens is 304 g/mol. The van der Waals surface area contributed by atoms with Crippen LogP contribution in [-0.4, -0.2) is 5.11 Å². The minimum atomic E-state index is 0.330. The summed E-state index contributed by atoms with van der Waals surface area (Å²) in [5.41, 5.74) is 6.25. The van der Waals surface area contributed by atoms with E-state index < -0.39 is 0 Å². The van der Waals surface area contributed by atoms with Gasteiger partial charge in [0.15, 0.2) is 0 Å². The van der Waals surface area contributed by atoms with E-state index in [2.05, 4.69) is 49.4 Å². The van der Waals surface area contributed by atoms with Crippen LogP contribution in [0.25, 0.3) is 5.57 Å². The molecule has 0 amide bonds. The summed E-state index contributed by atoms with van der Waals surface area (Å²) in [4.78, 5) is 0. The maximum Gasteiger partial charge on any atom is 0.115 e. The first-order chi connectivity index (χ1) is 12.2. The molecule has 0 heterocycles. The van der Waals surface area contributed by atoms with E-state index in [0.29, 0.717) is 17.1 Å². The van der Waals surface area contributed by atoms with Crippen LogP contribution in [0.3, 0.4) is 0 Å². The Bertz CT molecular complexity index is 834. The van der Waals surface area contributed by atoms with Gasteiger partial charge in [0.2, 0.25) is 0 Å². The number of hydrogen-bond acceptors (Lipinski definition) is 1. The molecule has 2 aromatic carbocycles. The number of aryl methyl sites for hydroxylation is 1. The average molecular weight is 330 g/mol. The van der Waals surface area contributed by atoms with Gasteiger partial charge in [0.1, 0.15) is 5.75 Å². The van der Waals surface area contributed by atoms with Crippen molar-refractivity contribution in [2.45, 2.75) is 44.9 Å². The molecular formula is C24H26O. The van der Waals surface area contributed by atoms with Crippen molar-refractivity contribution < 1.29 is 5.11 Å². The number of rotatable bonds is 1. The first-order valence-corrected chi connectivity index (χ1v) is 9.75. The standard InChI is InChI=1S/C24H26O/c1-24-14-13-20-19-10-8-18(25)15-17(19)7-9-21(20)23(24)12-11-22(24)16-5-3-2-4-6-16/h2-6,8,10-11,15,20-21,23,25H,7,9,12-14H2,1H3/t20-,21-,23+,24-/m1/s1. The Labute approximate surface area is 150 Å². The number of hydrogen-bond donors (Lipinski definition) is 1. The van der Waals surface area contributed by atoms with Crippen LogP contribution in [0.1, 0.15) is 55.2 Å². The summed E-state index contributed by atoms with van der Waals surface area (Å²) in [6.07, 6.45) is 8.72. The number of allylic oxidation sites excluding steroid dienone is 2. The second kappa shape index (κ2) is 5.49. The van der Waals surface area contributed by atoms with Crippen LogP contribution in [0, 0.1) is 17.3 Å². The van der Waals surface area contributed by atoms with Crippen LogP contribution in [0.2, 0.25) is 0 Å². The zero-order valence-electron chi connectivity index (χ0n) is 14.9. The van der Waals surface area contributed by atoms with E-state index in [-0.39, 0.29) is 0 Å². The van der Waals surface area contributed by atoms with E-state index in [1.165, 1.54) is 42.4 Å². The molecule has 4 atom stereocenters. The Morgan fingerprint density at radius 3 is 2.72 bits per heavy atom. The number of aromatic hydroxyl groups is 1. The van der Waals surface area contributed by atoms with Crippen LogP contribution < -0.4 is 0 Å².